The van der Waals surface area contributed by atoms with Crippen LogP contribution < -0.4 is 20.3 Å². The van der Waals surface area contributed by atoms with E-state index >= 15 is 0 Å². The smallest absolute Gasteiger partial charge is 0.319 e. The first-order valence-electron chi connectivity index (χ1n) is 12.3. The van der Waals surface area contributed by atoms with Crippen molar-refractivity contribution in [3.8, 4) is 5.75 Å². The molecule has 3 rings (SSSR count). The van der Waals surface area contributed by atoms with E-state index in [0.717, 1.165) is 31.5 Å². The van der Waals surface area contributed by atoms with Crippen molar-refractivity contribution in [1.82, 2.24) is 5.32 Å². The number of ether oxygens (including phenoxy) is 1. The average Bonchev–Trinajstić information content (AvgIpc) is 2.86. The van der Waals surface area contributed by atoms with Gasteiger partial charge in [-0.1, -0.05) is 67.7 Å². The van der Waals surface area contributed by atoms with E-state index < -0.39 is 0 Å². The minimum atomic E-state index is -0.242. The number of hydrogen-bond acceptors (Lipinski definition) is 3. The maximum atomic E-state index is 12.7. The second-order valence-electron chi connectivity index (χ2n) is 8.21. The van der Waals surface area contributed by atoms with Crippen LogP contribution in [-0.2, 0) is 0 Å². The van der Waals surface area contributed by atoms with E-state index in [1.54, 1.807) is 19.2 Å². The third-order valence-corrected chi connectivity index (χ3v) is 6.51. The van der Waals surface area contributed by atoms with Crippen LogP contribution in [0.25, 0.3) is 0 Å². The van der Waals surface area contributed by atoms with Gasteiger partial charge in [0.25, 0.3) is 0 Å². The van der Waals surface area contributed by atoms with Crippen molar-refractivity contribution in [2.24, 2.45) is 0 Å². The minimum Gasteiger partial charge on any atom is -0.497 e. The van der Waals surface area contributed by atoms with Gasteiger partial charge in [0, 0.05) is 34.4 Å². The monoisotopic (exact) mass is 551 g/mol. The van der Waals surface area contributed by atoms with Crippen molar-refractivity contribution < 1.29 is 9.53 Å². The number of anilines is 2. The van der Waals surface area contributed by atoms with Gasteiger partial charge in [0.2, 0.25) is 0 Å². The first-order chi connectivity index (χ1) is 17.3. The maximum Gasteiger partial charge on any atom is 0.319 e. The highest BCUT2D eigenvalue weighted by molar-refractivity contribution is 6.36. The number of piperidine rings is 1. The molecule has 0 aliphatic carbocycles. The van der Waals surface area contributed by atoms with Crippen molar-refractivity contribution in [2.45, 2.75) is 59.0 Å². The molecule has 1 aliphatic rings. The second-order valence-corrected chi connectivity index (χ2v) is 9.65. The van der Waals surface area contributed by atoms with Gasteiger partial charge in [0.15, 0.2) is 0 Å². The number of allylic oxidation sites excluding steroid dienone is 3. The van der Waals surface area contributed by atoms with Gasteiger partial charge >= 0.3 is 6.03 Å². The van der Waals surface area contributed by atoms with Gasteiger partial charge in [0.05, 0.1) is 23.9 Å². The highest BCUT2D eigenvalue weighted by atomic mass is 35.5. The van der Waals surface area contributed by atoms with E-state index in [1.807, 2.05) is 57.2 Å². The average molecular weight is 553 g/mol. The van der Waals surface area contributed by atoms with Crippen LogP contribution in [0, 0.1) is 0 Å². The summed E-state index contributed by atoms with van der Waals surface area (Å²) in [5, 5.41) is 7.96. The zero-order valence-corrected chi connectivity index (χ0v) is 23.8. The van der Waals surface area contributed by atoms with Crippen LogP contribution in [-0.4, -0.2) is 31.8 Å². The van der Waals surface area contributed by atoms with E-state index in [0.29, 0.717) is 26.5 Å². The molecule has 36 heavy (non-hydrogen) atoms. The fraction of sp³-hybridized carbons (Fsp3) is 0.393. The summed E-state index contributed by atoms with van der Waals surface area (Å²) in [6.45, 7) is 8.71. The molecule has 1 aliphatic heterocycles. The Kier molecular flexibility index (Phi) is 12.5. The fourth-order valence-electron chi connectivity index (χ4n) is 4.19. The molecule has 0 radical (unpaired) electrons. The molecule has 0 spiro atoms. The molecule has 0 saturated carbocycles. The Morgan fingerprint density at radius 2 is 1.92 bits per heavy atom. The quantitative estimate of drug-likeness (QED) is 0.338. The van der Waals surface area contributed by atoms with Crippen molar-refractivity contribution >= 4 is 52.2 Å². The molecule has 196 valence electrons. The van der Waals surface area contributed by atoms with Crippen LogP contribution in [0.5, 0.6) is 5.75 Å². The lowest BCUT2D eigenvalue weighted by Gasteiger charge is -2.42. The number of nitrogens with zero attached hydrogens (tertiary/aromatic N) is 1. The number of benzene rings is 2. The molecule has 2 atom stereocenters. The largest absolute Gasteiger partial charge is 0.497 e. The Bertz CT molecular complexity index is 1070. The summed E-state index contributed by atoms with van der Waals surface area (Å²) in [6, 6.07) is 12.7. The molecule has 5 nitrogen and oxygen atoms in total. The summed E-state index contributed by atoms with van der Waals surface area (Å²) in [6.07, 6.45) is 6.34. The van der Waals surface area contributed by atoms with Crippen LogP contribution in [0.4, 0.5) is 16.2 Å². The van der Waals surface area contributed by atoms with Crippen molar-refractivity contribution in [2.75, 3.05) is 23.9 Å². The number of nitrogens with one attached hydrogen (secondary N) is 2. The first kappa shape index (κ1) is 29.9. The Balaban J connectivity index is 0.00000222. The number of methoxy groups -OCH3 is 1. The van der Waals surface area contributed by atoms with Gasteiger partial charge in [-0.25, -0.2) is 4.79 Å². The number of amides is 2. The summed E-state index contributed by atoms with van der Waals surface area (Å²) in [5.41, 5.74) is 2.82. The second kappa shape index (κ2) is 15.0. The molecule has 1 fully saturated rings. The lowest BCUT2D eigenvalue weighted by Crippen LogP contribution is -2.51. The summed E-state index contributed by atoms with van der Waals surface area (Å²) < 4.78 is 5.23. The maximum absolute atomic E-state index is 12.7. The number of carbonyl (C=O) groups excluding carboxylic acids is 1. The van der Waals surface area contributed by atoms with E-state index in [9.17, 15) is 4.79 Å². The Hall–Kier alpha value is -2.34. The molecule has 2 amide bonds. The first-order valence-corrected chi connectivity index (χ1v) is 13.4. The number of urea groups is 1. The van der Waals surface area contributed by atoms with E-state index in [2.05, 4.69) is 28.5 Å². The van der Waals surface area contributed by atoms with Crippen molar-refractivity contribution in [1.29, 1.82) is 0 Å². The summed E-state index contributed by atoms with van der Waals surface area (Å²) in [4.78, 5) is 15.0. The van der Waals surface area contributed by atoms with Crippen LogP contribution >= 0.6 is 34.8 Å². The summed E-state index contributed by atoms with van der Waals surface area (Å²) in [5.74, 6) is 0.686. The summed E-state index contributed by atoms with van der Waals surface area (Å²) in [7, 11) is 1.60. The van der Waals surface area contributed by atoms with Crippen molar-refractivity contribution in [3.05, 3.63) is 75.3 Å². The minimum absolute atomic E-state index is 0.00559. The Morgan fingerprint density at radius 1 is 1.17 bits per heavy atom. The topological polar surface area (TPSA) is 53.6 Å². The normalized spacial score (nSPS) is 18.2. The Morgan fingerprint density at radius 3 is 2.56 bits per heavy atom. The van der Waals surface area contributed by atoms with Crippen LogP contribution in [0.3, 0.4) is 0 Å². The number of carbonyl (C=O) groups is 1. The SMILES string of the molecule is CC.CC/C(=C\C=C(/C)Cl)C1CC(NC(=O)Nc2cccc(OC)c2)CCN1c1ccc(Cl)cc1Cl. The summed E-state index contributed by atoms with van der Waals surface area (Å²) >= 11 is 18.8. The van der Waals surface area contributed by atoms with Crippen molar-refractivity contribution in [3.63, 3.8) is 0 Å². The van der Waals surface area contributed by atoms with E-state index in [-0.39, 0.29) is 18.1 Å². The fourth-order valence-corrected chi connectivity index (χ4v) is 4.77. The molecule has 8 heteroatoms. The molecule has 2 N–H and O–H groups in total. The molecule has 2 aromatic carbocycles. The van der Waals surface area contributed by atoms with Crippen LogP contribution in [0.1, 0.15) is 47.0 Å². The molecule has 0 aromatic heterocycles. The molecule has 0 bridgehead atoms. The number of hydrogen-bond donors (Lipinski definition) is 2. The number of rotatable bonds is 7. The van der Waals surface area contributed by atoms with Gasteiger partial charge < -0.3 is 20.3 Å². The van der Waals surface area contributed by atoms with Crippen LogP contribution in [0.15, 0.2) is 65.2 Å². The predicted molar refractivity (Wildman–Crippen MR) is 155 cm³/mol. The molecular formula is C28H36Cl3N3O2. The van der Waals surface area contributed by atoms with E-state index in [4.69, 9.17) is 39.5 Å². The lowest BCUT2D eigenvalue weighted by molar-refractivity contribution is 0.244. The van der Waals surface area contributed by atoms with E-state index in [1.165, 1.54) is 5.57 Å². The molecule has 2 unspecified atom stereocenters. The lowest BCUT2D eigenvalue weighted by atomic mass is 9.89. The molecule has 2 aromatic rings. The van der Waals surface area contributed by atoms with Gasteiger partial charge in [0.1, 0.15) is 5.75 Å². The Labute approximate surface area is 230 Å². The highest BCUT2D eigenvalue weighted by Gasteiger charge is 2.32. The van der Waals surface area contributed by atoms with Gasteiger partial charge in [-0.15, -0.1) is 0 Å². The van der Waals surface area contributed by atoms with Gasteiger partial charge in [-0.05, 0) is 68.2 Å². The van der Waals surface area contributed by atoms with Gasteiger partial charge in [-0.2, -0.15) is 0 Å². The number of halogens is 3. The standard InChI is InChI=1S/C26H30Cl3N3O2.C2H6/c1-4-18(9-8-17(2)27)25-16-21(12-13-32(25)24-11-10-19(28)14-23(24)29)31-26(33)30-20-6-5-7-22(15-20)34-3;1-2/h5-11,14-15,21,25H,4,12-13,16H2,1-3H3,(H2,30,31,33);1-2H3/b17-8+,18-9+;. The third-order valence-electron chi connectivity index (χ3n) is 5.85. The predicted octanol–water partition coefficient (Wildman–Crippen LogP) is 8.67. The molecule has 1 saturated heterocycles. The third kappa shape index (κ3) is 8.65. The zero-order chi connectivity index (χ0) is 26.7. The zero-order valence-electron chi connectivity index (χ0n) is 21.6. The van der Waals surface area contributed by atoms with Gasteiger partial charge in [-0.3, -0.25) is 0 Å². The molecule has 1 heterocycles. The van der Waals surface area contributed by atoms with Crippen LogP contribution in [0.2, 0.25) is 10.0 Å². The highest BCUT2D eigenvalue weighted by Crippen LogP contribution is 2.36. The molecular weight excluding hydrogens is 517 g/mol.